The van der Waals surface area contributed by atoms with Crippen molar-refractivity contribution in [1.29, 1.82) is 5.26 Å². The number of thiophene rings is 1. The van der Waals surface area contributed by atoms with Crippen LogP contribution in [0.15, 0.2) is 77.8 Å². The van der Waals surface area contributed by atoms with Gasteiger partial charge in [0.05, 0.1) is 22.9 Å². The van der Waals surface area contributed by atoms with Gasteiger partial charge in [-0.25, -0.2) is 4.90 Å². The molecule has 2 amide bonds. The van der Waals surface area contributed by atoms with Crippen LogP contribution in [0.2, 0.25) is 0 Å². The molecular formula is C25H20N4O2S. The summed E-state index contributed by atoms with van der Waals surface area (Å²) in [5, 5.41) is 11.0. The van der Waals surface area contributed by atoms with Crippen LogP contribution in [0.3, 0.4) is 0 Å². The first-order chi connectivity index (χ1) is 15.7. The van der Waals surface area contributed by atoms with Crippen molar-refractivity contribution in [2.75, 3.05) is 36.0 Å². The van der Waals surface area contributed by atoms with E-state index in [0.717, 1.165) is 23.7 Å². The summed E-state index contributed by atoms with van der Waals surface area (Å²) in [7, 11) is 0. The van der Waals surface area contributed by atoms with E-state index in [1.54, 1.807) is 24.3 Å². The molecule has 7 heteroatoms. The molecule has 32 heavy (non-hydrogen) atoms. The Bertz CT molecular complexity index is 1220. The Kier molecular flexibility index (Phi) is 5.21. The van der Waals surface area contributed by atoms with E-state index in [1.807, 2.05) is 40.6 Å². The van der Waals surface area contributed by atoms with Gasteiger partial charge in [-0.3, -0.25) is 9.59 Å². The molecule has 2 aliphatic rings. The van der Waals surface area contributed by atoms with E-state index in [1.165, 1.54) is 16.2 Å². The maximum atomic E-state index is 13.6. The van der Waals surface area contributed by atoms with Crippen molar-refractivity contribution in [3.8, 4) is 6.07 Å². The van der Waals surface area contributed by atoms with Crippen molar-refractivity contribution in [3.05, 3.63) is 88.2 Å². The molecule has 0 atom stereocenters. The van der Waals surface area contributed by atoms with Gasteiger partial charge in [-0.15, -0.1) is 11.3 Å². The summed E-state index contributed by atoms with van der Waals surface area (Å²) in [6, 6.07) is 22.6. The lowest BCUT2D eigenvalue weighted by molar-refractivity contribution is -0.120. The van der Waals surface area contributed by atoms with Crippen LogP contribution in [0.25, 0.3) is 5.57 Å². The molecule has 6 nitrogen and oxygen atoms in total. The minimum absolute atomic E-state index is 0.309. The molecule has 0 saturated carbocycles. The maximum Gasteiger partial charge on any atom is 0.282 e. The first-order valence-corrected chi connectivity index (χ1v) is 11.3. The van der Waals surface area contributed by atoms with Crippen LogP contribution in [-0.4, -0.2) is 42.9 Å². The number of nitrogens with zero attached hydrogens (tertiary/aromatic N) is 4. The predicted molar refractivity (Wildman–Crippen MR) is 125 cm³/mol. The van der Waals surface area contributed by atoms with E-state index in [9.17, 15) is 9.59 Å². The number of carbonyl (C=O) groups excluding carboxylic acids is 2. The Labute approximate surface area is 190 Å². The van der Waals surface area contributed by atoms with Crippen LogP contribution in [0.1, 0.15) is 10.4 Å². The van der Waals surface area contributed by atoms with E-state index in [-0.39, 0.29) is 11.8 Å². The van der Waals surface area contributed by atoms with Crippen molar-refractivity contribution in [2.24, 2.45) is 0 Å². The second-order valence-electron chi connectivity index (χ2n) is 7.61. The molecule has 2 aliphatic heterocycles. The van der Waals surface area contributed by atoms with Crippen LogP contribution in [0.4, 0.5) is 11.4 Å². The number of anilines is 2. The monoisotopic (exact) mass is 440 g/mol. The Morgan fingerprint density at radius 2 is 1.44 bits per heavy atom. The second kappa shape index (κ2) is 8.33. The largest absolute Gasteiger partial charge is 0.368 e. The number of imide groups is 1. The van der Waals surface area contributed by atoms with Crippen LogP contribution in [-0.2, 0) is 9.59 Å². The Hall–Kier alpha value is -3.89. The summed E-state index contributed by atoms with van der Waals surface area (Å²) in [6.07, 6.45) is 0. The molecule has 0 N–H and O–H groups in total. The molecule has 2 aromatic carbocycles. The van der Waals surface area contributed by atoms with Gasteiger partial charge >= 0.3 is 0 Å². The molecule has 0 bridgehead atoms. The molecule has 1 aromatic heterocycles. The topological polar surface area (TPSA) is 67.7 Å². The third-order valence-electron chi connectivity index (χ3n) is 5.80. The second-order valence-corrected chi connectivity index (χ2v) is 8.56. The fourth-order valence-corrected chi connectivity index (χ4v) is 4.96. The average Bonchev–Trinajstić information content (AvgIpc) is 3.46. The number of hydrogen-bond donors (Lipinski definition) is 0. The number of rotatable bonds is 4. The van der Waals surface area contributed by atoms with Gasteiger partial charge in [-0.05, 0) is 47.8 Å². The first kappa shape index (κ1) is 20.0. The van der Waals surface area contributed by atoms with Gasteiger partial charge in [0.15, 0.2) is 0 Å². The molecule has 0 aliphatic carbocycles. The van der Waals surface area contributed by atoms with Gasteiger partial charge in [0.25, 0.3) is 11.8 Å². The van der Waals surface area contributed by atoms with Gasteiger partial charge in [-0.1, -0.05) is 24.3 Å². The molecule has 0 spiro atoms. The van der Waals surface area contributed by atoms with Crippen molar-refractivity contribution in [2.45, 2.75) is 0 Å². The third-order valence-corrected chi connectivity index (χ3v) is 6.69. The predicted octanol–water partition coefficient (Wildman–Crippen LogP) is 3.73. The van der Waals surface area contributed by atoms with E-state index in [0.29, 0.717) is 35.6 Å². The number of amides is 2. The zero-order valence-electron chi connectivity index (χ0n) is 17.3. The highest BCUT2D eigenvalue weighted by atomic mass is 32.1. The highest BCUT2D eigenvalue weighted by Crippen LogP contribution is 2.37. The number of benzene rings is 2. The zero-order chi connectivity index (χ0) is 22.1. The average molecular weight is 441 g/mol. The number of hydrogen-bond acceptors (Lipinski definition) is 6. The lowest BCUT2D eigenvalue weighted by Crippen LogP contribution is -2.47. The minimum atomic E-state index is -0.317. The standard InChI is InChI=1S/C25H20N4O2S/c26-17-18-8-10-20(11-9-18)29-24(30)22(21-7-4-16-32-21)23(25(29)31)28-14-12-27(13-15-28)19-5-2-1-3-6-19/h1-11,16H,12-15H2. The highest BCUT2D eigenvalue weighted by molar-refractivity contribution is 7.11. The van der Waals surface area contributed by atoms with Gasteiger partial charge < -0.3 is 9.80 Å². The Morgan fingerprint density at radius 3 is 2.06 bits per heavy atom. The van der Waals surface area contributed by atoms with Crippen molar-refractivity contribution < 1.29 is 9.59 Å². The molecule has 5 rings (SSSR count). The lowest BCUT2D eigenvalue weighted by Gasteiger charge is -2.37. The fraction of sp³-hybridized carbons (Fsp3) is 0.160. The van der Waals surface area contributed by atoms with Gasteiger partial charge in [0, 0.05) is 36.7 Å². The summed E-state index contributed by atoms with van der Waals surface area (Å²) in [4.78, 5) is 33.4. The van der Waals surface area contributed by atoms with E-state index < -0.39 is 0 Å². The summed E-state index contributed by atoms with van der Waals surface area (Å²) in [5.41, 5.74) is 3.05. The number of para-hydroxylation sites is 1. The zero-order valence-corrected chi connectivity index (χ0v) is 18.1. The van der Waals surface area contributed by atoms with Crippen molar-refractivity contribution in [1.82, 2.24) is 4.90 Å². The Morgan fingerprint density at radius 1 is 0.750 bits per heavy atom. The maximum absolute atomic E-state index is 13.6. The number of nitriles is 1. The quantitative estimate of drug-likeness (QED) is 0.579. The van der Waals surface area contributed by atoms with E-state index in [2.05, 4.69) is 23.1 Å². The van der Waals surface area contributed by atoms with Crippen LogP contribution < -0.4 is 9.80 Å². The summed E-state index contributed by atoms with van der Waals surface area (Å²) >= 11 is 1.46. The van der Waals surface area contributed by atoms with Crippen LogP contribution in [0, 0.1) is 11.3 Å². The van der Waals surface area contributed by atoms with Gasteiger partial charge in [0.1, 0.15) is 5.70 Å². The third kappa shape index (κ3) is 3.45. The van der Waals surface area contributed by atoms with Crippen LogP contribution >= 0.6 is 11.3 Å². The number of piperazine rings is 1. The summed E-state index contributed by atoms with van der Waals surface area (Å²) < 4.78 is 0. The highest BCUT2D eigenvalue weighted by Gasteiger charge is 2.43. The van der Waals surface area contributed by atoms with E-state index >= 15 is 0 Å². The van der Waals surface area contributed by atoms with E-state index in [4.69, 9.17) is 5.26 Å². The molecule has 1 saturated heterocycles. The summed E-state index contributed by atoms with van der Waals surface area (Å²) in [6.45, 7) is 2.84. The normalized spacial score (nSPS) is 16.7. The molecule has 158 valence electrons. The smallest absolute Gasteiger partial charge is 0.282 e. The molecule has 0 radical (unpaired) electrons. The van der Waals surface area contributed by atoms with Gasteiger partial charge in [0.2, 0.25) is 0 Å². The first-order valence-electron chi connectivity index (χ1n) is 10.4. The Balaban J connectivity index is 1.46. The number of carbonyl (C=O) groups is 2. The fourth-order valence-electron chi connectivity index (χ4n) is 4.20. The lowest BCUT2D eigenvalue weighted by atomic mass is 10.1. The van der Waals surface area contributed by atoms with Crippen LogP contribution in [0.5, 0.6) is 0 Å². The molecular weight excluding hydrogens is 420 g/mol. The minimum Gasteiger partial charge on any atom is -0.368 e. The van der Waals surface area contributed by atoms with Crippen molar-refractivity contribution in [3.63, 3.8) is 0 Å². The SMILES string of the molecule is N#Cc1ccc(N2C(=O)C(c3cccs3)=C(N3CCN(c4ccccc4)CC3)C2=O)cc1. The van der Waals surface area contributed by atoms with Crippen molar-refractivity contribution >= 4 is 40.1 Å². The van der Waals surface area contributed by atoms with Gasteiger partial charge in [-0.2, -0.15) is 5.26 Å². The molecule has 1 fully saturated rings. The molecule has 3 heterocycles. The molecule has 0 unspecified atom stereocenters. The molecule has 3 aromatic rings. The summed E-state index contributed by atoms with van der Waals surface area (Å²) in [5.74, 6) is -0.626.